The summed E-state index contributed by atoms with van der Waals surface area (Å²) in [7, 11) is 0. The van der Waals surface area contributed by atoms with E-state index in [1.165, 1.54) is 18.3 Å². The number of nitrogens with zero attached hydrogens (tertiary/aromatic N) is 1. The van der Waals surface area contributed by atoms with Crippen molar-refractivity contribution in [1.29, 1.82) is 0 Å². The van der Waals surface area contributed by atoms with Gasteiger partial charge in [0, 0.05) is 10.6 Å². The monoisotopic (exact) mass is 456 g/mol. The van der Waals surface area contributed by atoms with Crippen LogP contribution in [0.1, 0.15) is 37.4 Å². The summed E-state index contributed by atoms with van der Waals surface area (Å²) >= 11 is 12.3. The second kappa shape index (κ2) is 10.1. The van der Waals surface area contributed by atoms with E-state index >= 15 is 0 Å². The quantitative estimate of drug-likeness (QED) is 0.370. The molecule has 31 heavy (non-hydrogen) atoms. The number of ether oxygens (including phenoxy) is 1. The first-order valence-corrected chi connectivity index (χ1v) is 9.93. The fraction of sp³-hybridized carbons (Fsp3) is 0.0870. The van der Waals surface area contributed by atoms with Gasteiger partial charge in [0.25, 0.3) is 5.91 Å². The molecule has 0 bridgehead atoms. The van der Waals surface area contributed by atoms with Gasteiger partial charge in [-0.2, -0.15) is 5.10 Å². The lowest BCUT2D eigenvalue weighted by molar-refractivity contribution is 0.0696. The summed E-state index contributed by atoms with van der Waals surface area (Å²) in [4.78, 5) is 23.0. The molecule has 1 amide bonds. The number of benzene rings is 3. The van der Waals surface area contributed by atoms with Crippen molar-refractivity contribution in [2.24, 2.45) is 5.10 Å². The van der Waals surface area contributed by atoms with Crippen molar-refractivity contribution < 1.29 is 19.4 Å². The Morgan fingerprint density at radius 2 is 1.71 bits per heavy atom. The zero-order valence-electron chi connectivity index (χ0n) is 16.4. The lowest BCUT2D eigenvalue weighted by Gasteiger charge is -2.09. The molecule has 0 aliphatic rings. The van der Waals surface area contributed by atoms with Crippen LogP contribution in [0, 0.1) is 6.92 Å². The number of aryl methyl sites for hydroxylation is 1. The molecule has 6 nitrogen and oxygen atoms in total. The van der Waals surface area contributed by atoms with Crippen molar-refractivity contribution in [3.63, 3.8) is 0 Å². The van der Waals surface area contributed by atoms with Gasteiger partial charge < -0.3 is 9.84 Å². The van der Waals surface area contributed by atoms with Gasteiger partial charge in [-0.3, -0.25) is 4.79 Å². The van der Waals surface area contributed by atoms with E-state index in [9.17, 15) is 9.59 Å². The molecule has 0 saturated carbocycles. The third-order valence-corrected chi connectivity index (χ3v) is 5.07. The second-order valence-corrected chi connectivity index (χ2v) is 7.46. The lowest BCUT2D eigenvalue weighted by atomic mass is 10.1. The number of carboxylic acids is 1. The molecule has 0 fully saturated rings. The molecule has 3 aromatic carbocycles. The van der Waals surface area contributed by atoms with Gasteiger partial charge in [-0.25, -0.2) is 10.2 Å². The molecule has 0 heterocycles. The molecule has 0 unspecified atom stereocenters. The minimum Gasteiger partial charge on any atom is -0.487 e. The topological polar surface area (TPSA) is 88.0 Å². The number of amides is 1. The number of hydrogen-bond acceptors (Lipinski definition) is 4. The Kier molecular flexibility index (Phi) is 7.28. The van der Waals surface area contributed by atoms with E-state index in [2.05, 4.69) is 10.5 Å². The van der Waals surface area contributed by atoms with Gasteiger partial charge in [-0.15, -0.1) is 0 Å². The van der Waals surface area contributed by atoms with Crippen LogP contribution in [0.25, 0.3) is 0 Å². The van der Waals surface area contributed by atoms with E-state index in [-0.39, 0.29) is 18.1 Å². The van der Waals surface area contributed by atoms with Gasteiger partial charge in [0.1, 0.15) is 12.4 Å². The Labute approximate surface area is 189 Å². The molecule has 0 spiro atoms. The smallest absolute Gasteiger partial charge is 0.335 e. The summed E-state index contributed by atoms with van der Waals surface area (Å²) in [6, 6.07) is 16.5. The fourth-order valence-electron chi connectivity index (χ4n) is 2.58. The maximum Gasteiger partial charge on any atom is 0.335 e. The van der Waals surface area contributed by atoms with Crippen molar-refractivity contribution >= 4 is 41.3 Å². The van der Waals surface area contributed by atoms with Gasteiger partial charge in [-0.05, 0) is 66.1 Å². The molecular formula is C23H18Cl2N2O4. The predicted octanol–water partition coefficient (Wildman–Crippen LogP) is 5.34. The number of halogens is 2. The van der Waals surface area contributed by atoms with E-state index in [0.29, 0.717) is 26.9 Å². The highest BCUT2D eigenvalue weighted by atomic mass is 35.5. The van der Waals surface area contributed by atoms with Gasteiger partial charge in [-0.1, -0.05) is 41.4 Å². The summed E-state index contributed by atoms with van der Waals surface area (Å²) in [5, 5.41) is 13.8. The Hall–Kier alpha value is -3.35. The third-order valence-electron chi connectivity index (χ3n) is 4.36. The van der Waals surface area contributed by atoms with Crippen LogP contribution in [0.5, 0.6) is 5.75 Å². The van der Waals surface area contributed by atoms with Crippen LogP contribution < -0.4 is 10.2 Å². The van der Waals surface area contributed by atoms with Crippen molar-refractivity contribution in [2.45, 2.75) is 13.5 Å². The molecule has 0 aliphatic heterocycles. The van der Waals surface area contributed by atoms with Gasteiger partial charge in [0.2, 0.25) is 0 Å². The molecule has 3 rings (SSSR count). The number of aromatic carboxylic acids is 1. The van der Waals surface area contributed by atoms with Crippen molar-refractivity contribution in [2.75, 3.05) is 0 Å². The Morgan fingerprint density at radius 3 is 2.35 bits per heavy atom. The molecule has 2 N–H and O–H groups in total. The van der Waals surface area contributed by atoms with Crippen molar-refractivity contribution in [3.05, 3.63) is 98.5 Å². The zero-order valence-corrected chi connectivity index (χ0v) is 17.9. The maximum atomic E-state index is 12.1. The Bertz CT molecular complexity index is 1140. The van der Waals surface area contributed by atoms with Crippen LogP contribution in [0.2, 0.25) is 10.0 Å². The van der Waals surface area contributed by atoms with Crippen LogP contribution in [-0.2, 0) is 6.61 Å². The van der Waals surface area contributed by atoms with E-state index in [0.717, 1.165) is 11.1 Å². The first-order chi connectivity index (χ1) is 14.8. The number of carbonyl (C=O) groups is 2. The average molecular weight is 457 g/mol. The normalized spacial score (nSPS) is 10.8. The summed E-state index contributed by atoms with van der Waals surface area (Å²) < 4.78 is 5.69. The molecule has 158 valence electrons. The average Bonchev–Trinajstić information content (AvgIpc) is 2.75. The molecule has 0 aromatic heterocycles. The molecule has 3 aromatic rings. The largest absolute Gasteiger partial charge is 0.487 e. The first kappa shape index (κ1) is 22.3. The van der Waals surface area contributed by atoms with Crippen LogP contribution in [-0.4, -0.2) is 23.2 Å². The number of hydrazone groups is 1. The standard InChI is InChI=1S/C23H18Cl2N2O4/c1-14-2-6-18(11-19(14)24)22(28)27-26-12-16-5-9-21(20(25)10-16)31-13-15-3-7-17(8-4-15)23(29)30/h2-12H,13H2,1H3,(H,27,28)(H,29,30)/b26-12-. The van der Waals surface area contributed by atoms with Crippen LogP contribution in [0.15, 0.2) is 65.8 Å². The number of hydrogen-bond donors (Lipinski definition) is 2. The highest BCUT2D eigenvalue weighted by molar-refractivity contribution is 6.32. The third kappa shape index (κ3) is 6.07. The minimum atomic E-state index is -0.980. The summed E-state index contributed by atoms with van der Waals surface area (Å²) in [6.45, 7) is 2.09. The summed E-state index contributed by atoms with van der Waals surface area (Å²) in [5.74, 6) is -0.885. The number of nitrogens with one attached hydrogen (secondary N) is 1. The Morgan fingerprint density at radius 1 is 1.00 bits per heavy atom. The molecule has 8 heteroatoms. The predicted molar refractivity (Wildman–Crippen MR) is 120 cm³/mol. The van der Waals surface area contributed by atoms with Gasteiger partial charge >= 0.3 is 5.97 Å². The molecule has 0 atom stereocenters. The van der Waals surface area contributed by atoms with Crippen molar-refractivity contribution in [3.8, 4) is 5.75 Å². The first-order valence-electron chi connectivity index (χ1n) is 9.17. The van der Waals surface area contributed by atoms with Crippen molar-refractivity contribution in [1.82, 2.24) is 5.43 Å². The SMILES string of the molecule is Cc1ccc(C(=O)N/N=C\c2ccc(OCc3ccc(C(=O)O)cc3)c(Cl)c2)cc1Cl. The van der Waals surface area contributed by atoms with Gasteiger partial charge in [0.15, 0.2) is 0 Å². The number of carbonyl (C=O) groups excluding carboxylic acids is 1. The summed E-state index contributed by atoms with van der Waals surface area (Å²) in [6.07, 6.45) is 1.47. The van der Waals surface area contributed by atoms with E-state index in [1.54, 1.807) is 48.5 Å². The van der Waals surface area contributed by atoms with Crippen LogP contribution in [0.3, 0.4) is 0 Å². The zero-order chi connectivity index (χ0) is 22.4. The molecule has 0 radical (unpaired) electrons. The number of rotatable bonds is 7. The second-order valence-electron chi connectivity index (χ2n) is 6.64. The highest BCUT2D eigenvalue weighted by Gasteiger charge is 2.07. The maximum absolute atomic E-state index is 12.1. The lowest BCUT2D eigenvalue weighted by Crippen LogP contribution is -2.17. The van der Waals surface area contributed by atoms with Crippen LogP contribution >= 0.6 is 23.2 Å². The van der Waals surface area contributed by atoms with E-state index < -0.39 is 5.97 Å². The molecular weight excluding hydrogens is 439 g/mol. The van der Waals surface area contributed by atoms with E-state index in [4.69, 9.17) is 33.0 Å². The fourth-order valence-corrected chi connectivity index (χ4v) is 3.01. The Balaban J connectivity index is 1.57. The van der Waals surface area contributed by atoms with E-state index in [1.807, 2.05) is 6.92 Å². The molecule has 0 saturated heterocycles. The van der Waals surface area contributed by atoms with Gasteiger partial charge in [0.05, 0.1) is 16.8 Å². The number of carboxylic acid groups (broad SMARTS) is 1. The molecule has 0 aliphatic carbocycles. The van der Waals surface area contributed by atoms with Crippen LogP contribution in [0.4, 0.5) is 0 Å². The highest BCUT2D eigenvalue weighted by Crippen LogP contribution is 2.26. The minimum absolute atomic E-state index is 0.211. The summed E-state index contributed by atoms with van der Waals surface area (Å²) in [5.41, 5.74) is 5.43.